The first kappa shape index (κ1) is 18.5. The molecule has 0 aliphatic rings. The van der Waals surface area contributed by atoms with Gasteiger partial charge in [0, 0.05) is 34.2 Å². The quantitative estimate of drug-likeness (QED) is 0.610. The van der Waals surface area contributed by atoms with Gasteiger partial charge in [0.25, 0.3) is 5.91 Å². The molecule has 3 aromatic rings. The summed E-state index contributed by atoms with van der Waals surface area (Å²) < 4.78 is 18.9. The topological polar surface area (TPSA) is 54.3 Å². The van der Waals surface area contributed by atoms with Crippen LogP contribution in [0.2, 0.25) is 0 Å². The number of carbonyl (C=O) groups excluding carboxylic acids is 1. The Morgan fingerprint density at radius 1 is 1.19 bits per heavy atom. The minimum Gasteiger partial charge on any atom is -0.451 e. The Kier molecular flexibility index (Phi) is 5.96. The van der Waals surface area contributed by atoms with E-state index in [2.05, 4.69) is 10.6 Å². The number of fused-ring (bicyclic) bond motifs is 1. The smallest absolute Gasteiger partial charge is 0.287 e. The van der Waals surface area contributed by atoms with Crippen molar-refractivity contribution in [2.75, 3.05) is 13.6 Å². The molecule has 0 saturated carbocycles. The van der Waals surface area contributed by atoms with Crippen molar-refractivity contribution >= 4 is 28.6 Å². The molecule has 3 rings (SSSR count). The lowest BCUT2D eigenvalue weighted by molar-refractivity contribution is 0.0924. The molecule has 26 heavy (non-hydrogen) atoms. The zero-order valence-electron chi connectivity index (χ0n) is 14.7. The molecule has 4 nitrogen and oxygen atoms in total. The highest BCUT2D eigenvalue weighted by atomic mass is 32.2. The maximum atomic E-state index is 13.1. The first-order chi connectivity index (χ1) is 12.6. The van der Waals surface area contributed by atoms with Crippen molar-refractivity contribution in [1.29, 1.82) is 0 Å². The second-order valence-corrected chi connectivity index (χ2v) is 7.10. The van der Waals surface area contributed by atoms with Crippen molar-refractivity contribution in [3.05, 3.63) is 65.7 Å². The van der Waals surface area contributed by atoms with E-state index in [0.29, 0.717) is 23.6 Å². The summed E-state index contributed by atoms with van der Waals surface area (Å²) >= 11 is 1.54. The monoisotopic (exact) mass is 372 g/mol. The zero-order valence-corrected chi connectivity index (χ0v) is 15.5. The summed E-state index contributed by atoms with van der Waals surface area (Å²) in [5.41, 5.74) is 1.54. The van der Waals surface area contributed by atoms with Gasteiger partial charge in [-0.2, -0.15) is 0 Å². The molecule has 1 heterocycles. The van der Waals surface area contributed by atoms with Gasteiger partial charge in [0.05, 0.1) is 0 Å². The summed E-state index contributed by atoms with van der Waals surface area (Å²) in [5, 5.41) is 6.91. The zero-order chi connectivity index (χ0) is 18.5. The molecule has 136 valence electrons. The van der Waals surface area contributed by atoms with E-state index in [4.69, 9.17) is 4.42 Å². The summed E-state index contributed by atoms with van der Waals surface area (Å²) in [6, 6.07) is 14.1. The van der Waals surface area contributed by atoms with Crippen LogP contribution in [0.3, 0.4) is 0 Å². The van der Waals surface area contributed by atoms with Crippen LogP contribution in [0.25, 0.3) is 11.0 Å². The van der Waals surface area contributed by atoms with Crippen LogP contribution in [-0.4, -0.2) is 25.5 Å². The fraction of sp³-hybridized carbons (Fsp3) is 0.250. The van der Waals surface area contributed by atoms with Crippen LogP contribution >= 0.6 is 11.8 Å². The van der Waals surface area contributed by atoms with Crippen molar-refractivity contribution in [3.8, 4) is 0 Å². The molecule has 6 heteroatoms. The average molecular weight is 372 g/mol. The second kappa shape index (κ2) is 8.38. The SMILES string of the molecule is CNC(C)CNC(=O)c1oc2ccccc2c1CSc1ccc(F)cc1. The third kappa shape index (κ3) is 4.26. The predicted molar refractivity (Wildman–Crippen MR) is 103 cm³/mol. The summed E-state index contributed by atoms with van der Waals surface area (Å²) in [6.45, 7) is 2.50. The van der Waals surface area contributed by atoms with Crippen LogP contribution in [0.1, 0.15) is 23.0 Å². The molecule has 0 saturated heterocycles. The lowest BCUT2D eigenvalue weighted by atomic mass is 10.1. The number of hydrogen-bond acceptors (Lipinski definition) is 4. The Labute approximate surface area is 156 Å². The minimum absolute atomic E-state index is 0.167. The summed E-state index contributed by atoms with van der Waals surface area (Å²) in [4.78, 5) is 13.6. The number of benzene rings is 2. The normalized spacial score (nSPS) is 12.3. The number of likely N-dealkylation sites (N-methyl/N-ethyl adjacent to an activating group) is 1. The second-order valence-electron chi connectivity index (χ2n) is 6.05. The molecule has 0 aliphatic heterocycles. The Morgan fingerprint density at radius 3 is 2.65 bits per heavy atom. The molecule has 1 amide bonds. The number of carbonyl (C=O) groups is 1. The van der Waals surface area contributed by atoms with Crippen molar-refractivity contribution in [2.45, 2.75) is 23.6 Å². The molecule has 1 aromatic heterocycles. The van der Waals surface area contributed by atoms with Gasteiger partial charge in [-0.05, 0) is 44.3 Å². The molecular formula is C20H21FN2O2S. The van der Waals surface area contributed by atoms with Gasteiger partial charge in [-0.25, -0.2) is 4.39 Å². The minimum atomic E-state index is -0.262. The molecule has 1 atom stereocenters. The van der Waals surface area contributed by atoms with Crippen molar-refractivity contribution < 1.29 is 13.6 Å². The third-order valence-corrected chi connectivity index (χ3v) is 5.20. The van der Waals surface area contributed by atoms with Crippen molar-refractivity contribution in [1.82, 2.24) is 10.6 Å². The van der Waals surface area contributed by atoms with E-state index in [9.17, 15) is 9.18 Å². The highest BCUT2D eigenvalue weighted by Crippen LogP contribution is 2.32. The molecule has 0 fully saturated rings. The molecule has 1 unspecified atom stereocenters. The average Bonchev–Trinajstić information content (AvgIpc) is 3.04. The molecule has 0 aliphatic carbocycles. The van der Waals surface area contributed by atoms with E-state index in [1.54, 1.807) is 23.9 Å². The Hall–Kier alpha value is -2.31. The highest BCUT2D eigenvalue weighted by Gasteiger charge is 2.20. The maximum absolute atomic E-state index is 13.1. The maximum Gasteiger partial charge on any atom is 0.287 e. The Morgan fingerprint density at radius 2 is 1.92 bits per heavy atom. The van der Waals surface area contributed by atoms with E-state index in [0.717, 1.165) is 15.8 Å². The summed E-state index contributed by atoms with van der Waals surface area (Å²) in [5.74, 6) is 0.413. The molecular weight excluding hydrogens is 351 g/mol. The number of nitrogens with one attached hydrogen (secondary N) is 2. The van der Waals surface area contributed by atoms with Gasteiger partial charge in [0.15, 0.2) is 5.76 Å². The highest BCUT2D eigenvalue weighted by molar-refractivity contribution is 7.98. The van der Waals surface area contributed by atoms with Gasteiger partial charge in [0.1, 0.15) is 11.4 Å². The predicted octanol–water partition coefficient (Wildman–Crippen LogP) is 4.20. The lowest BCUT2D eigenvalue weighted by Crippen LogP contribution is -2.37. The molecule has 2 aromatic carbocycles. The Bertz CT molecular complexity index is 892. The summed E-state index contributed by atoms with van der Waals surface area (Å²) in [7, 11) is 1.85. The van der Waals surface area contributed by atoms with Gasteiger partial charge in [-0.1, -0.05) is 18.2 Å². The van der Waals surface area contributed by atoms with Gasteiger partial charge < -0.3 is 15.1 Å². The molecule has 2 N–H and O–H groups in total. The van der Waals surface area contributed by atoms with Gasteiger partial charge in [-0.3, -0.25) is 4.79 Å². The van der Waals surface area contributed by atoms with Gasteiger partial charge in [-0.15, -0.1) is 11.8 Å². The van der Waals surface area contributed by atoms with Crippen LogP contribution in [0, 0.1) is 5.82 Å². The number of halogens is 1. The number of para-hydroxylation sites is 1. The van der Waals surface area contributed by atoms with E-state index in [1.807, 2.05) is 38.2 Å². The Balaban J connectivity index is 1.84. The van der Waals surface area contributed by atoms with E-state index in [-0.39, 0.29) is 17.8 Å². The molecule has 0 bridgehead atoms. The van der Waals surface area contributed by atoms with Crippen molar-refractivity contribution in [3.63, 3.8) is 0 Å². The van der Waals surface area contributed by atoms with Crippen LogP contribution in [0.5, 0.6) is 0 Å². The van der Waals surface area contributed by atoms with Crippen LogP contribution in [-0.2, 0) is 5.75 Å². The standard InChI is InChI=1S/C20H21FN2O2S/c1-13(22-2)11-23-20(24)19-17(16-5-3-4-6-18(16)25-19)12-26-15-9-7-14(21)8-10-15/h3-10,13,22H,11-12H2,1-2H3,(H,23,24). The largest absolute Gasteiger partial charge is 0.451 e. The fourth-order valence-electron chi connectivity index (χ4n) is 2.54. The first-order valence-corrected chi connectivity index (χ1v) is 9.41. The number of thioether (sulfide) groups is 1. The fourth-order valence-corrected chi connectivity index (χ4v) is 3.47. The van der Waals surface area contributed by atoms with Crippen LogP contribution in [0.15, 0.2) is 57.8 Å². The number of rotatable bonds is 7. The van der Waals surface area contributed by atoms with E-state index < -0.39 is 0 Å². The summed E-state index contributed by atoms with van der Waals surface area (Å²) in [6.07, 6.45) is 0. The van der Waals surface area contributed by atoms with Crippen LogP contribution < -0.4 is 10.6 Å². The van der Waals surface area contributed by atoms with E-state index >= 15 is 0 Å². The van der Waals surface area contributed by atoms with Gasteiger partial charge in [0.2, 0.25) is 0 Å². The van der Waals surface area contributed by atoms with Gasteiger partial charge >= 0.3 is 0 Å². The van der Waals surface area contributed by atoms with Crippen molar-refractivity contribution in [2.24, 2.45) is 0 Å². The number of furan rings is 1. The van der Waals surface area contributed by atoms with Crippen LogP contribution in [0.4, 0.5) is 4.39 Å². The molecule has 0 spiro atoms. The lowest BCUT2D eigenvalue weighted by Gasteiger charge is -2.11. The number of hydrogen-bond donors (Lipinski definition) is 2. The van der Waals surface area contributed by atoms with E-state index in [1.165, 1.54) is 12.1 Å². The first-order valence-electron chi connectivity index (χ1n) is 8.42. The third-order valence-electron chi connectivity index (χ3n) is 4.16. The number of amides is 1. The molecule has 0 radical (unpaired) electrons.